The van der Waals surface area contributed by atoms with Gasteiger partial charge in [0.1, 0.15) is 22.4 Å². The normalized spacial score (nSPS) is 12.2. The van der Waals surface area contributed by atoms with Crippen LogP contribution in [0.1, 0.15) is 34.5 Å². The van der Waals surface area contributed by atoms with Crippen molar-refractivity contribution in [2.24, 2.45) is 7.05 Å². The highest BCUT2D eigenvalue weighted by Gasteiger charge is 2.18. The van der Waals surface area contributed by atoms with Gasteiger partial charge in [0.15, 0.2) is 5.43 Å². The molecule has 5 rings (SSSR count). The Morgan fingerprint density at radius 1 is 1.15 bits per heavy atom. The summed E-state index contributed by atoms with van der Waals surface area (Å²) in [7, 11) is 1.82. The number of hydrogen-bond acceptors (Lipinski definition) is 6. The molecule has 0 aliphatic rings. The van der Waals surface area contributed by atoms with E-state index < -0.39 is 5.97 Å². The molecule has 1 atom stereocenters. The number of fused-ring (bicyclic) bond motifs is 2. The zero-order chi connectivity index (χ0) is 24.0. The fourth-order valence-corrected chi connectivity index (χ4v) is 4.16. The summed E-state index contributed by atoms with van der Waals surface area (Å²) >= 11 is 0. The first-order valence-corrected chi connectivity index (χ1v) is 10.8. The molecule has 0 aliphatic heterocycles. The van der Waals surface area contributed by atoms with Gasteiger partial charge < -0.3 is 14.8 Å². The number of carboxylic acid groups (broad SMARTS) is 1. The second-order valence-electron chi connectivity index (χ2n) is 8.35. The molecule has 8 nitrogen and oxygen atoms in total. The summed E-state index contributed by atoms with van der Waals surface area (Å²) in [6.07, 6.45) is 3.48. The molecule has 34 heavy (non-hydrogen) atoms. The van der Waals surface area contributed by atoms with Crippen molar-refractivity contribution in [1.82, 2.24) is 14.8 Å². The maximum atomic E-state index is 13.1. The summed E-state index contributed by atoms with van der Waals surface area (Å²) in [6, 6.07) is 13.4. The van der Waals surface area contributed by atoms with E-state index in [0.29, 0.717) is 33.5 Å². The lowest BCUT2D eigenvalue weighted by Crippen LogP contribution is -2.12. The average Bonchev–Trinajstić information content (AvgIpc) is 3.18. The number of para-hydroxylation sites is 1. The number of nitrogens with zero attached hydrogens (tertiary/aromatic N) is 3. The number of aryl methyl sites for hydroxylation is 2. The molecule has 2 aromatic carbocycles. The molecule has 1 unspecified atom stereocenters. The summed E-state index contributed by atoms with van der Waals surface area (Å²) in [5, 5.41) is 17.6. The van der Waals surface area contributed by atoms with Crippen molar-refractivity contribution in [3.05, 3.63) is 87.8 Å². The van der Waals surface area contributed by atoms with Gasteiger partial charge in [-0.1, -0.05) is 18.2 Å². The predicted octanol–water partition coefficient (Wildman–Crippen LogP) is 4.92. The topological polar surface area (TPSA) is 110 Å². The van der Waals surface area contributed by atoms with Crippen molar-refractivity contribution in [2.45, 2.75) is 19.9 Å². The number of carboxylic acids is 1. The molecule has 0 radical (unpaired) electrons. The van der Waals surface area contributed by atoms with Gasteiger partial charge in [-0.3, -0.25) is 14.5 Å². The van der Waals surface area contributed by atoms with Gasteiger partial charge in [0, 0.05) is 36.1 Å². The van der Waals surface area contributed by atoms with Gasteiger partial charge in [-0.05, 0) is 43.7 Å². The SMILES string of the molecule is Cc1cc(C(C)Nc2ccccc2C(=O)O)c2oc(-c3cnc4cn(C)nc4c3)cc(=O)c2c1. The van der Waals surface area contributed by atoms with E-state index in [9.17, 15) is 14.7 Å². The lowest BCUT2D eigenvalue weighted by molar-refractivity contribution is 0.0698. The van der Waals surface area contributed by atoms with Crippen LogP contribution in [0.25, 0.3) is 33.3 Å². The van der Waals surface area contributed by atoms with Crippen LogP contribution in [0.4, 0.5) is 5.69 Å². The summed E-state index contributed by atoms with van der Waals surface area (Å²) in [6.45, 7) is 3.81. The molecule has 3 heterocycles. The fourth-order valence-electron chi connectivity index (χ4n) is 4.16. The van der Waals surface area contributed by atoms with Crippen LogP contribution in [-0.2, 0) is 7.05 Å². The molecule has 0 aliphatic carbocycles. The number of benzene rings is 2. The van der Waals surface area contributed by atoms with E-state index in [1.807, 2.05) is 39.2 Å². The molecule has 0 fully saturated rings. The van der Waals surface area contributed by atoms with Crippen LogP contribution in [0.2, 0.25) is 0 Å². The van der Waals surface area contributed by atoms with Crippen molar-refractivity contribution in [2.75, 3.05) is 5.32 Å². The van der Waals surface area contributed by atoms with Crippen LogP contribution < -0.4 is 10.7 Å². The highest BCUT2D eigenvalue weighted by molar-refractivity contribution is 5.94. The third-order valence-corrected chi connectivity index (χ3v) is 5.75. The number of nitrogens with one attached hydrogen (secondary N) is 1. The molecular weight excluding hydrogens is 432 g/mol. The minimum absolute atomic E-state index is 0.166. The molecule has 0 saturated heterocycles. The Morgan fingerprint density at radius 2 is 1.94 bits per heavy atom. The van der Waals surface area contributed by atoms with Gasteiger partial charge in [-0.2, -0.15) is 5.10 Å². The third-order valence-electron chi connectivity index (χ3n) is 5.75. The smallest absolute Gasteiger partial charge is 0.337 e. The number of pyridine rings is 1. The van der Waals surface area contributed by atoms with Crippen molar-refractivity contribution >= 4 is 33.7 Å². The Kier molecular flexibility index (Phi) is 5.13. The van der Waals surface area contributed by atoms with E-state index >= 15 is 0 Å². The van der Waals surface area contributed by atoms with E-state index in [0.717, 1.165) is 16.6 Å². The number of rotatable bonds is 5. The lowest BCUT2D eigenvalue weighted by atomic mass is 10.00. The largest absolute Gasteiger partial charge is 0.478 e. The molecule has 2 N–H and O–H groups in total. The van der Waals surface area contributed by atoms with Crippen LogP contribution >= 0.6 is 0 Å². The van der Waals surface area contributed by atoms with Crippen LogP contribution in [-0.4, -0.2) is 25.8 Å². The van der Waals surface area contributed by atoms with Crippen molar-refractivity contribution in [3.8, 4) is 11.3 Å². The van der Waals surface area contributed by atoms with Gasteiger partial charge in [0.05, 0.1) is 23.2 Å². The number of carbonyl (C=O) groups is 1. The molecule has 8 heteroatoms. The molecule has 170 valence electrons. The number of anilines is 1. The minimum Gasteiger partial charge on any atom is -0.478 e. The number of aromatic carboxylic acids is 1. The lowest BCUT2D eigenvalue weighted by Gasteiger charge is -2.19. The molecule has 3 aromatic heterocycles. The predicted molar refractivity (Wildman–Crippen MR) is 130 cm³/mol. The van der Waals surface area contributed by atoms with Crippen molar-refractivity contribution < 1.29 is 14.3 Å². The summed E-state index contributed by atoms with van der Waals surface area (Å²) in [4.78, 5) is 29.1. The first kappa shape index (κ1) is 21.4. The zero-order valence-electron chi connectivity index (χ0n) is 18.9. The third kappa shape index (κ3) is 3.79. The Hall–Kier alpha value is -4.46. The molecule has 5 aromatic rings. The minimum atomic E-state index is -1.02. The van der Waals surface area contributed by atoms with Crippen LogP contribution in [0.5, 0.6) is 0 Å². The maximum Gasteiger partial charge on any atom is 0.337 e. The van der Waals surface area contributed by atoms with Gasteiger partial charge in [0.25, 0.3) is 0 Å². The Bertz CT molecular complexity index is 1630. The monoisotopic (exact) mass is 454 g/mol. The highest BCUT2D eigenvalue weighted by Crippen LogP contribution is 2.31. The van der Waals surface area contributed by atoms with E-state index in [1.54, 1.807) is 41.2 Å². The molecule has 0 spiro atoms. The average molecular weight is 454 g/mol. The Labute approximate surface area is 194 Å². The molecule has 0 saturated carbocycles. The van der Waals surface area contributed by atoms with E-state index in [4.69, 9.17) is 4.42 Å². The first-order chi connectivity index (χ1) is 16.3. The van der Waals surface area contributed by atoms with Gasteiger partial charge in [-0.25, -0.2) is 4.79 Å². The Balaban J connectivity index is 1.64. The van der Waals surface area contributed by atoms with E-state index in [1.165, 1.54) is 6.07 Å². The summed E-state index contributed by atoms with van der Waals surface area (Å²) in [5.41, 5.74) is 4.69. The highest BCUT2D eigenvalue weighted by atomic mass is 16.4. The first-order valence-electron chi connectivity index (χ1n) is 10.8. The molecular formula is C26H22N4O4. The van der Waals surface area contributed by atoms with Crippen LogP contribution in [0.15, 0.2) is 70.1 Å². The number of hydrogen-bond donors (Lipinski definition) is 2. The van der Waals surface area contributed by atoms with E-state index in [2.05, 4.69) is 15.4 Å². The van der Waals surface area contributed by atoms with Crippen molar-refractivity contribution in [1.29, 1.82) is 0 Å². The van der Waals surface area contributed by atoms with Crippen LogP contribution in [0.3, 0.4) is 0 Å². The van der Waals surface area contributed by atoms with Gasteiger partial charge >= 0.3 is 5.97 Å². The zero-order valence-corrected chi connectivity index (χ0v) is 18.9. The summed E-state index contributed by atoms with van der Waals surface area (Å²) in [5.74, 6) is -0.628. The van der Waals surface area contributed by atoms with Gasteiger partial charge in [0.2, 0.25) is 0 Å². The Morgan fingerprint density at radius 3 is 2.74 bits per heavy atom. The summed E-state index contributed by atoms with van der Waals surface area (Å²) < 4.78 is 7.96. The quantitative estimate of drug-likeness (QED) is 0.388. The van der Waals surface area contributed by atoms with Crippen LogP contribution in [0, 0.1) is 6.92 Å². The fraction of sp³-hybridized carbons (Fsp3) is 0.154. The number of aromatic nitrogens is 3. The second-order valence-corrected chi connectivity index (χ2v) is 8.35. The standard InChI is InChI=1S/C26H22N4O4/c1-14-8-18(15(2)28-20-7-5-4-6-17(20)26(32)33)25-19(9-14)23(31)11-24(34-25)16-10-21-22(27-12-16)13-30(3)29-21/h4-13,15,28H,1-3H3,(H,32,33). The molecule has 0 amide bonds. The van der Waals surface area contributed by atoms with Gasteiger partial charge in [-0.15, -0.1) is 0 Å². The van der Waals surface area contributed by atoms with E-state index in [-0.39, 0.29) is 17.0 Å². The second kappa shape index (κ2) is 8.15. The maximum absolute atomic E-state index is 13.1. The molecule has 0 bridgehead atoms. The van der Waals surface area contributed by atoms with Crippen molar-refractivity contribution in [3.63, 3.8) is 0 Å².